The summed E-state index contributed by atoms with van der Waals surface area (Å²) in [6, 6.07) is 4.59. The molecule has 1 aliphatic carbocycles. The summed E-state index contributed by atoms with van der Waals surface area (Å²) < 4.78 is 16.5. The third-order valence-corrected chi connectivity index (χ3v) is 3.47. The maximum Gasteiger partial charge on any atom is 0.203 e. The number of ether oxygens (including phenoxy) is 3. The van der Waals surface area contributed by atoms with E-state index in [0.717, 1.165) is 12.1 Å². The Hall–Kier alpha value is -1.46. The second kappa shape index (κ2) is 7.52. The van der Waals surface area contributed by atoms with Gasteiger partial charge in [-0.2, -0.15) is 0 Å². The highest BCUT2D eigenvalue weighted by atomic mass is 16.5. The van der Waals surface area contributed by atoms with E-state index in [0.29, 0.717) is 36.3 Å². The summed E-state index contributed by atoms with van der Waals surface area (Å²) in [7, 11) is 3.24. The van der Waals surface area contributed by atoms with Crippen LogP contribution < -0.4 is 19.5 Å². The first-order valence-corrected chi connectivity index (χ1v) is 7.43. The molecule has 5 nitrogen and oxygen atoms in total. The fourth-order valence-electron chi connectivity index (χ4n) is 2.06. The predicted octanol–water partition coefficient (Wildman–Crippen LogP) is 2.11. The summed E-state index contributed by atoms with van der Waals surface area (Å²) in [5.74, 6) is 1.91. The second-order valence-electron chi connectivity index (χ2n) is 5.47. The lowest BCUT2D eigenvalue weighted by Gasteiger charge is -2.16. The van der Waals surface area contributed by atoms with Crippen molar-refractivity contribution in [3.8, 4) is 17.2 Å². The van der Waals surface area contributed by atoms with E-state index >= 15 is 0 Å². The van der Waals surface area contributed by atoms with Crippen molar-refractivity contribution in [2.24, 2.45) is 0 Å². The third kappa shape index (κ3) is 4.79. The zero-order valence-electron chi connectivity index (χ0n) is 13.0. The molecule has 1 saturated carbocycles. The van der Waals surface area contributed by atoms with Gasteiger partial charge in [0.2, 0.25) is 5.75 Å². The van der Waals surface area contributed by atoms with E-state index in [1.54, 1.807) is 21.1 Å². The topological polar surface area (TPSA) is 60.0 Å². The number of benzene rings is 1. The van der Waals surface area contributed by atoms with Crippen LogP contribution in [0, 0.1) is 0 Å². The van der Waals surface area contributed by atoms with Gasteiger partial charge in [0.15, 0.2) is 11.5 Å². The zero-order chi connectivity index (χ0) is 15.2. The molecule has 2 rings (SSSR count). The molecular formula is C16H25NO4. The molecule has 21 heavy (non-hydrogen) atoms. The van der Waals surface area contributed by atoms with Crippen molar-refractivity contribution in [3.05, 3.63) is 17.7 Å². The van der Waals surface area contributed by atoms with Gasteiger partial charge in [-0.15, -0.1) is 0 Å². The van der Waals surface area contributed by atoms with Crippen LogP contribution in [0.15, 0.2) is 12.1 Å². The minimum atomic E-state index is -0.385. The number of methoxy groups -OCH3 is 2. The number of nitrogens with one attached hydrogen (secondary N) is 1. The molecule has 1 atom stereocenters. The molecule has 1 fully saturated rings. The molecule has 1 unspecified atom stereocenters. The summed E-state index contributed by atoms with van der Waals surface area (Å²) in [6.07, 6.45) is 2.70. The Bertz CT molecular complexity index is 433. The lowest BCUT2D eigenvalue weighted by molar-refractivity contribution is 0.152. The van der Waals surface area contributed by atoms with Crippen LogP contribution in [0.25, 0.3) is 0 Å². The molecule has 0 amide bonds. The summed E-state index contributed by atoms with van der Waals surface area (Å²) >= 11 is 0. The number of hydrogen-bond donors (Lipinski definition) is 2. The predicted molar refractivity (Wildman–Crippen MR) is 81.2 cm³/mol. The van der Waals surface area contributed by atoms with Gasteiger partial charge < -0.3 is 24.6 Å². The Labute approximate surface area is 126 Å². The lowest BCUT2D eigenvalue weighted by atomic mass is 10.1. The van der Waals surface area contributed by atoms with Gasteiger partial charge >= 0.3 is 0 Å². The van der Waals surface area contributed by atoms with Gasteiger partial charge in [-0.3, -0.25) is 0 Å². The molecule has 1 aromatic carbocycles. The zero-order valence-corrected chi connectivity index (χ0v) is 13.0. The van der Waals surface area contributed by atoms with Gasteiger partial charge in [0.05, 0.1) is 26.9 Å². The molecule has 2 N–H and O–H groups in total. The van der Waals surface area contributed by atoms with Crippen molar-refractivity contribution in [1.82, 2.24) is 5.32 Å². The van der Waals surface area contributed by atoms with Crippen molar-refractivity contribution in [1.29, 1.82) is 0 Å². The maximum absolute atomic E-state index is 9.30. The Morgan fingerprint density at radius 1 is 1.24 bits per heavy atom. The Kier molecular flexibility index (Phi) is 5.70. The molecule has 0 spiro atoms. The van der Waals surface area contributed by atoms with Gasteiger partial charge in [-0.1, -0.05) is 0 Å². The molecule has 0 radical (unpaired) electrons. The first-order valence-electron chi connectivity index (χ1n) is 7.43. The maximum atomic E-state index is 9.30. The van der Waals surface area contributed by atoms with Gasteiger partial charge in [-0.05, 0) is 37.5 Å². The highest BCUT2D eigenvalue weighted by Crippen LogP contribution is 2.38. The average Bonchev–Trinajstić information content (AvgIpc) is 3.29. The van der Waals surface area contributed by atoms with Crippen LogP contribution >= 0.6 is 0 Å². The van der Waals surface area contributed by atoms with E-state index in [1.165, 1.54) is 12.8 Å². The molecular weight excluding hydrogens is 270 g/mol. The van der Waals surface area contributed by atoms with Crippen LogP contribution in [0.1, 0.15) is 31.7 Å². The van der Waals surface area contributed by atoms with E-state index in [2.05, 4.69) is 5.32 Å². The van der Waals surface area contributed by atoms with E-state index < -0.39 is 0 Å². The standard InChI is InChI=1S/C16H25NO4/c1-11(18)6-7-21-16-14(19-2)8-12(9-15(16)20-3)10-17-13-4-5-13/h8-9,11,13,17-18H,4-7,10H2,1-3H3. The van der Waals surface area contributed by atoms with Crippen molar-refractivity contribution in [2.45, 2.75) is 44.9 Å². The molecule has 0 saturated heterocycles. The Morgan fingerprint density at radius 2 is 1.86 bits per heavy atom. The fourth-order valence-corrected chi connectivity index (χ4v) is 2.06. The van der Waals surface area contributed by atoms with Crippen molar-refractivity contribution in [2.75, 3.05) is 20.8 Å². The second-order valence-corrected chi connectivity index (χ2v) is 5.47. The first kappa shape index (κ1) is 15.9. The molecule has 0 heterocycles. The minimum absolute atomic E-state index is 0.385. The summed E-state index contributed by atoms with van der Waals surface area (Å²) in [5, 5.41) is 12.8. The summed E-state index contributed by atoms with van der Waals surface area (Å²) in [6.45, 7) is 2.96. The summed E-state index contributed by atoms with van der Waals surface area (Å²) in [4.78, 5) is 0. The van der Waals surface area contributed by atoms with Crippen molar-refractivity contribution < 1.29 is 19.3 Å². The molecule has 118 valence electrons. The molecule has 0 aliphatic heterocycles. The largest absolute Gasteiger partial charge is 0.493 e. The Balaban J connectivity index is 2.08. The minimum Gasteiger partial charge on any atom is -0.493 e. The summed E-state index contributed by atoms with van der Waals surface area (Å²) in [5.41, 5.74) is 1.11. The highest BCUT2D eigenvalue weighted by Gasteiger charge is 2.21. The number of hydrogen-bond acceptors (Lipinski definition) is 5. The van der Waals surface area contributed by atoms with E-state index in [-0.39, 0.29) is 6.10 Å². The van der Waals surface area contributed by atoms with Crippen LogP contribution in [0.5, 0.6) is 17.2 Å². The van der Waals surface area contributed by atoms with Gasteiger partial charge in [0.25, 0.3) is 0 Å². The van der Waals surface area contributed by atoms with Crippen LogP contribution in [-0.4, -0.2) is 38.1 Å². The fraction of sp³-hybridized carbons (Fsp3) is 0.625. The highest BCUT2D eigenvalue weighted by molar-refractivity contribution is 5.53. The number of aliphatic hydroxyl groups excluding tert-OH is 1. The molecule has 0 bridgehead atoms. The van der Waals surface area contributed by atoms with E-state index in [1.807, 2.05) is 12.1 Å². The van der Waals surface area contributed by atoms with Crippen LogP contribution in [0.4, 0.5) is 0 Å². The molecule has 0 aromatic heterocycles. The van der Waals surface area contributed by atoms with Gasteiger partial charge in [-0.25, -0.2) is 0 Å². The molecule has 5 heteroatoms. The number of aliphatic hydroxyl groups is 1. The molecule has 1 aliphatic rings. The van der Waals surface area contributed by atoms with Crippen LogP contribution in [0.3, 0.4) is 0 Å². The normalized spacial score (nSPS) is 15.6. The quantitative estimate of drug-likeness (QED) is 0.730. The first-order chi connectivity index (χ1) is 10.1. The lowest BCUT2D eigenvalue weighted by Crippen LogP contribution is -2.15. The van der Waals surface area contributed by atoms with E-state index in [4.69, 9.17) is 14.2 Å². The number of rotatable bonds is 9. The SMILES string of the molecule is COc1cc(CNC2CC2)cc(OC)c1OCCC(C)O. The van der Waals surface area contributed by atoms with Gasteiger partial charge in [0, 0.05) is 19.0 Å². The van der Waals surface area contributed by atoms with Gasteiger partial charge in [0.1, 0.15) is 0 Å². The van der Waals surface area contributed by atoms with Crippen LogP contribution in [-0.2, 0) is 6.54 Å². The molecule has 1 aromatic rings. The third-order valence-electron chi connectivity index (χ3n) is 3.47. The van der Waals surface area contributed by atoms with E-state index in [9.17, 15) is 5.11 Å². The van der Waals surface area contributed by atoms with Crippen molar-refractivity contribution >= 4 is 0 Å². The van der Waals surface area contributed by atoms with Crippen LogP contribution in [0.2, 0.25) is 0 Å². The monoisotopic (exact) mass is 295 g/mol. The average molecular weight is 295 g/mol. The smallest absolute Gasteiger partial charge is 0.203 e. The van der Waals surface area contributed by atoms with Crippen molar-refractivity contribution in [3.63, 3.8) is 0 Å². The Morgan fingerprint density at radius 3 is 2.33 bits per heavy atom.